The van der Waals surface area contributed by atoms with Gasteiger partial charge in [-0.05, 0) is 31.2 Å². The van der Waals surface area contributed by atoms with Gasteiger partial charge < -0.3 is 0 Å². The third kappa shape index (κ3) is 2.00. The van der Waals surface area contributed by atoms with Crippen LogP contribution in [0.2, 0.25) is 0 Å². The number of pyridine rings is 1. The molecule has 0 unspecified atom stereocenters. The summed E-state index contributed by atoms with van der Waals surface area (Å²) >= 11 is 0. The van der Waals surface area contributed by atoms with Gasteiger partial charge in [0.2, 0.25) is 0 Å². The van der Waals surface area contributed by atoms with Crippen molar-refractivity contribution in [3.63, 3.8) is 0 Å². The Hall–Kier alpha value is -3.42. The van der Waals surface area contributed by atoms with Gasteiger partial charge in [-0.25, -0.2) is 9.07 Å². The Balaban J connectivity index is 2.03. The highest BCUT2D eigenvalue weighted by Crippen LogP contribution is 2.15. The zero-order valence-corrected chi connectivity index (χ0v) is 12.6. The van der Waals surface area contributed by atoms with Crippen molar-refractivity contribution in [2.75, 3.05) is 0 Å². The Morgan fingerprint density at radius 2 is 1.88 bits per heavy atom. The molecule has 0 aliphatic rings. The van der Waals surface area contributed by atoms with Crippen molar-refractivity contribution in [3.05, 3.63) is 74.8 Å². The summed E-state index contributed by atoms with van der Waals surface area (Å²) in [5.41, 5.74) is 0.781. The fourth-order valence-electron chi connectivity index (χ4n) is 2.82. The molecule has 0 bridgehead atoms. The van der Waals surface area contributed by atoms with E-state index < -0.39 is 5.82 Å². The van der Waals surface area contributed by atoms with E-state index in [4.69, 9.17) is 0 Å². The Morgan fingerprint density at radius 1 is 1.12 bits per heavy atom. The summed E-state index contributed by atoms with van der Waals surface area (Å²) in [6, 6.07) is 8.51. The highest BCUT2D eigenvalue weighted by molar-refractivity contribution is 5.81. The van der Waals surface area contributed by atoms with Crippen LogP contribution in [0.4, 0.5) is 4.39 Å². The molecule has 0 saturated carbocycles. The number of H-pyrrole nitrogens is 2. The standard InChI is InChI=1S/C16H12FN5O2/c1-9-15-12(8-14(23)21(9)13-6-7-18-19-13)20-22(16(15)24)11-4-2-10(17)3-5-11/h2-8,20H,1H3,(H,18,19). The van der Waals surface area contributed by atoms with Crippen LogP contribution in [0.15, 0.2) is 52.2 Å². The van der Waals surface area contributed by atoms with Crippen LogP contribution >= 0.6 is 0 Å². The Labute approximate surface area is 134 Å². The average molecular weight is 325 g/mol. The molecule has 4 rings (SSSR count). The number of benzene rings is 1. The minimum atomic E-state index is -0.391. The van der Waals surface area contributed by atoms with E-state index in [9.17, 15) is 14.0 Å². The molecule has 0 aliphatic heterocycles. The SMILES string of the molecule is Cc1c2c(=O)n(-c3ccc(F)cc3)[nH]c2cc(=O)n1-c1ccn[nH]1. The van der Waals surface area contributed by atoms with Crippen LogP contribution in [0.5, 0.6) is 0 Å². The van der Waals surface area contributed by atoms with Crippen molar-refractivity contribution in [3.8, 4) is 11.5 Å². The molecular weight excluding hydrogens is 313 g/mol. The molecule has 0 aliphatic carbocycles. The largest absolute Gasteiger partial charge is 0.290 e. The topological polar surface area (TPSA) is 88.5 Å². The van der Waals surface area contributed by atoms with E-state index in [1.165, 1.54) is 45.8 Å². The lowest BCUT2D eigenvalue weighted by Gasteiger charge is -2.06. The lowest BCUT2D eigenvalue weighted by atomic mass is 10.2. The number of aromatic nitrogens is 5. The number of nitrogens with zero attached hydrogens (tertiary/aromatic N) is 3. The first-order chi connectivity index (χ1) is 11.6. The van der Waals surface area contributed by atoms with E-state index >= 15 is 0 Å². The summed E-state index contributed by atoms with van der Waals surface area (Å²) in [4.78, 5) is 25.2. The molecule has 0 spiro atoms. The van der Waals surface area contributed by atoms with Gasteiger partial charge in [0.05, 0.1) is 22.8 Å². The number of rotatable bonds is 2. The van der Waals surface area contributed by atoms with E-state index in [0.29, 0.717) is 28.1 Å². The molecular formula is C16H12FN5O2. The molecule has 3 aromatic heterocycles. The maximum Gasteiger partial charge on any atom is 0.280 e. The molecule has 0 amide bonds. The molecule has 1 aromatic carbocycles. The molecule has 4 aromatic rings. The second kappa shape index (κ2) is 5.05. The molecule has 8 heteroatoms. The first-order valence-corrected chi connectivity index (χ1v) is 7.19. The van der Waals surface area contributed by atoms with Crippen molar-refractivity contribution in [2.24, 2.45) is 0 Å². The van der Waals surface area contributed by atoms with Crippen LogP contribution < -0.4 is 11.1 Å². The van der Waals surface area contributed by atoms with Crippen LogP contribution in [0.3, 0.4) is 0 Å². The normalized spacial score (nSPS) is 11.2. The smallest absolute Gasteiger partial charge is 0.280 e. The van der Waals surface area contributed by atoms with Gasteiger partial charge in [0.25, 0.3) is 11.1 Å². The molecule has 120 valence electrons. The second-order valence-electron chi connectivity index (χ2n) is 5.36. The maximum absolute atomic E-state index is 13.1. The fraction of sp³-hybridized carbons (Fsp3) is 0.0625. The van der Waals surface area contributed by atoms with Gasteiger partial charge >= 0.3 is 0 Å². The van der Waals surface area contributed by atoms with Crippen LogP contribution in [0.1, 0.15) is 5.69 Å². The highest BCUT2D eigenvalue weighted by Gasteiger charge is 2.16. The third-order valence-electron chi connectivity index (χ3n) is 3.92. The first-order valence-electron chi connectivity index (χ1n) is 7.19. The Bertz CT molecular complexity index is 1150. The van der Waals surface area contributed by atoms with E-state index in [2.05, 4.69) is 15.3 Å². The average Bonchev–Trinajstić information content (AvgIpc) is 3.17. The van der Waals surface area contributed by atoms with Crippen LogP contribution in [-0.4, -0.2) is 24.5 Å². The predicted octanol–water partition coefficient (Wildman–Crippen LogP) is 1.64. The number of aromatic amines is 2. The van der Waals surface area contributed by atoms with Gasteiger partial charge in [0, 0.05) is 17.8 Å². The molecule has 0 saturated heterocycles. The zero-order chi connectivity index (χ0) is 16.8. The van der Waals surface area contributed by atoms with Crippen LogP contribution in [-0.2, 0) is 0 Å². The van der Waals surface area contributed by atoms with Gasteiger partial charge in [-0.2, -0.15) is 5.10 Å². The van der Waals surface area contributed by atoms with Crippen molar-refractivity contribution in [1.29, 1.82) is 0 Å². The van der Waals surface area contributed by atoms with Crippen LogP contribution in [0.25, 0.3) is 22.4 Å². The van der Waals surface area contributed by atoms with Crippen LogP contribution in [0, 0.1) is 12.7 Å². The lowest BCUT2D eigenvalue weighted by molar-refractivity contribution is 0.627. The first kappa shape index (κ1) is 14.2. The molecule has 7 nitrogen and oxygen atoms in total. The summed E-state index contributed by atoms with van der Waals surface area (Å²) in [6.07, 6.45) is 1.53. The summed E-state index contributed by atoms with van der Waals surface area (Å²) < 4.78 is 15.8. The van der Waals surface area contributed by atoms with Crippen molar-refractivity contribution < 1.29 is 4.39 Å². The van der Waals surface area contributed by atoms with Gasteiger partial charge in [0.15, 0.2) is 0 Å². The number of nitrogens with one attached hydrogen (secondary N) is 2. The highest BCUT2D eigenvalue weighted by atomic mass is 19.1. The monoisotopic (exact) mass is 325 g/mol. The molecule has 2 N–H and O–H groups in total. The number of fused-ring (bicyclic) bond motifs is 1. The predicted molar refractivity (Wildman–Crippen MR) is 86.3 cm³/mol. The van der Waals surface area contributed by atoms with E-state index in [1.54, 1.807) is 13.0 Å². The fourth-order valence-corrected chi connectivity index (χ4v) is 2.82. The van der Waals surface area contributed by atoms with E-state index in [0.717, 1.165) is 0 Å². The molecule has 0 atom stereocenters. The molecule has 3 heterocycles. The molecule has 0 radical (unpaired) electrons. The van der Waals surface area contributed by atoms with Gasteiger partial charge in [-0.1, -0.05) is 0 Å². The Morgan fingerprint density at radius 3 is 2.54 bits per heavy atom. The summed E-state index contributed by atoms with van der Waals surface area (Å²) in [6.45, 7) is 1.69. The maximum atomic E-state index is 13.1. The van der Waals surface area contributed by atoms with Gasteiger partial charge in [0.1, 0.15) is 11.6 Å². The summed E-state index contributed by atoms with van der Waals surface area (Å²) in [7, 11) is 0. The number of hydrogen-bond acceptors (Lipinski definition) is 3. The van der Waals surface area contributed by atoms with E-state index in [-0.39, 0.29) is 11.1 Å². The van der Waals surface area contributed by atoms with Crippen molar-refractivity contribution >= 4 is 10.9 Å². The molecule has 0 fully saturated rings. The lowest BCUT2D eigenvalue weighted by Crippen LogP contribution is -2.22. The summed E-state index contributed by atoms with van der Waals surface area (Å²) in [5.74, 6) is 0.0892. The number of aryl methyl sites for hydroxylation is 1. The van der Waals surface area contributed by atoms with Crippen molar-refractivity contribution in [2.45, 2.75) is 6.92 Å². The third-order valence-corrected chi connectivity index (χ3v) is 3.92. The van der Waals surface area contributed by atoms with E-state index in [1.807, 2.05) is 0 Å². The van der Waals surface area contributed by atoms with Gasteiger partial charge in [-0.3, -0.25) is 24.4 Å². The quantitative estimate of drug-likeness (QED) is 0.587. The minimum Gasteiger partial charge on any atom is -0.290 e. The second-order valence-corrected chi connectivity index (χ2v) is 5.36. The minimum absolute atomic E-state index is 0.295. The van der Waals surface area contributed by atoms with Gasteiger partial charge in [-0.15, -0.1) is 0 Å². The number of hydrogen-bond donors (Lipinski definition) is 2. The summed E-state index contributed by atoms with van der Waals surface area (Å²) in [5, 5.41) is 9.83. The molecule has 24 heavy (non-hydrogen) atoms. The zero-order valence-electron chi connectivity index (χ0n) is 12.6. The van der Waals surface area contributed by atoms with Crippen molar-refractivity contribution in [1.82, 2.24) is 24.5 Å². The Kier molecular flexibility index (Phi) is 2.99. The number of halogens is 1.